The summed E-state index contributed by atoms with van der Waals surface area (Å²) in [7, 11) is 0. The first-order valence-electron chi connectivity index (χ1n) is 8.49. The number of hydrogen-bond donors (Lipinski definition) is 1. The Hall–Kier alpha value is -2.45. The number of fused-ring (bicyclic) bond motifs is 1. The van der Waals surface area contributed by atoms with Gasteiger partial charge in [-0.3, -0.25) is 4.79 Å². The maximum atomic E-state index is 12.5. The summed E-state index contributed by atoms with van der Waals surface area (Å²) >= 11 is 2.92. The van der Waals surface area contributed by atoms with Gasteiger partial charge in [-0.1, -0.05) is 29.5 Å². The summed E-state index contributed by atoms with van der Waals surface area (Å²) < 4.78 is 5.78. The highest BCUT2D eigenvalue weighted by molar-refractivity contribution is 7.99. The largest absolute Gasteiger partial charge is 0.411 e. The van der Waals surface area contributed by atoms with Crippen molar-refractivity contribution in [2.45, 2.75) is 38.2 Å². The molecule has 1 aromatic carbocycles. The summed E-state index contributed by atoms with van der Waals surface area (Å²) in [6.45, 7) is 7.93. The normalized spacial score (nSPS) is 12.6. The predicted molar refractivity (Wildman–Crippen MR) is 108 cm³/mol. The van der Waals surface area contributed by atoms with Gasteiger partial charge in [-0.15, -0.1) is 21.5 Å². The van der Waals surface area contributed by atoms with Crippen LogP contribution in [0.3, 0.4) is 0 Å². The van der Waals surface area contributed by atoms with E-state index in [4.69, 9.17) is 4.42 Å². The molecule has 0 saturated heterocycles. The summed E-state index contributed by atoms with van der Waals surface area (Å²) in [5.41, 5.74) is 2.91. The Morgan fingerprint density at radius 1 is 1.22 bits per heavy atom. The van der Waals surface area contributed by atoms with Crippen LogP contribution in [0.25, 0.3) is 21.7 Å². The van der Waals surface area contributed by atoms with Crippen molar-refractivity contribution in [3.05, 3.63) is 56.4 Å². The van der Waals surface area contributed by atoms with E-state index in [-0.39, 0.29) is 10.8 Å². The summed E-state index contributed by atoms with van der Waals surface area (Å²) in [4.78, 5) is 21.9. The first-order chi connectivity index (χ1) is 12.9. The Morgan fingerprint density at radius 2 is 2.04 bits per heavy atom. The van der Waals surface area contributed by atoms with Crippen molar-refractivity contribution in [2.24, 2.45) is 0 Å². The van der Waals surface area contributed by atoms with Crippen LogP contribution in [0, 0.1) is 20.8 Å². The standard InChI is InChI=1S/C19H18N4O2S2/c1-9-6-5-7-13(8-9)17-22-23-19(25-17)27-12(4)15-20-16(24)14-10(2)11(3)26-18(14)21-15/h5-8,12H,1-4H3,(H,20,21,24)/t12-/m0/s1. The maximum Gasteiger partial charge on any atom is 0.277 e. The van der Waals surface area contributed by atoms with Gasteiger partial charge < -0.3 is 9.40 Å². The lowest BCUT2D eigenvalue weighted by Crippen LogP contribution is -2.12. The number of aryl methyl sites for hydroxylation is 3. The molecule has 0 spiro atoms. The van der Waals surface area contributed by atoms with Gasteiger partial charge in [0.2, 0.25) is 5.89 Å². The molecule has 0 fully saturated rings. The molecule has 0 aliphatic heterocycles. The van der Waals surface area contributed by atoms with Crippen molar-refractivity contribution in [3.8, 4) is 11.5 Å². The van der Waals surface area contributed by atoms with Crippen molar-refractivity contribution in [1.82, 2.24) is 20.2 Å². The minimum atomic E-state index is -0.129. The lowest BCUT2D eigenvalue weighted by molar-refractivity contribution is 0.465. The molecule has 138 valence electrons. The zero-order valence-corrected chi connectivity index (χ0v) is 17.0. The number of thiophene rings is 1. The zero-order chi connectivity index (χ0) is 19.1. The van der Waals surface area contributed by atoms with E-state index in [0.717, 1.165) is 26.4 Å². The second-order valence-corrected chi connectivity index (χ2v) is 8.91. The number of benzene rings is 1. The number of nitrogens with one attached hydrogen (secondary N) is 1. The summed E-state index contributed by atoms with van der Waals surface area (Å²) in [6.07, 6.45) is 0. The molecule has 4 rings (SSSR count). The molecule has 3 aromatic heterocycles. The SMILES string of the molecule is Cc1cccc(-c2nnc(S[C@@H](C)c3nc4sc(C)c(C)c4c(=O)[nH]3)o2)c1. The highest BCUT2D eigenvalue weighted by atomic mass is 32.2. The van der Waals surface area contributed by atoms with Gasteiger partial charge in [-0.2, -0.15) is 0 Å². The molecule has 0 aliphatic carbocycles. The Kier molecular flexibility index (Phi) is 4.61. The van der Waals surface area contributed by atoms with Crippen molar-refractivity contribution in [3.63, 3.8) is 0 Å². The molecule has 1 N–H and O–H groups in total. The average Bonchev–Trinajstić information content (AvgIpc) is 3.20. The smallest absolute Gasteiger partial charge is 0.277 e. The molecule has 0 amide bonds. The van der Waals surface area contributed by atoms with Crippen LogP contribution in [0.4, 0.5) is 0 Å². The van der Waals surface area contributed by atoms with Crippen LogP contribution in [-0.2, 0) is 0 Å². The van der Waals surface area contributed by atoms with E-state index in [1.54, 1.807) is 11.3 Å². The third kappa shape index (κ3) is 3.42. The Balaban J connectivity index is 1.60. The van der Waals surface area contributed by atoms with Crippen LogP contribution in [0.15, 0.2) is 38.7 Å². The highest BCUT2D eigenvalue weighted by Gasteiger charge is 2.19. The van der Waals surface area contributed by atoms with Crippen LogP contribution in [0.1, 0.15) is 34.0 Å². The van der Waals surface area contributed by atoms with E-state index in [2.05, 4.69) is 20.2 Å². The van der Waals surface area contributed by atoms with Gasteiger partial charge >= 0.3 is 0 Å². The van der Waals surface area contributed by atoms with Crippen molar-refractivity contribution in [2.75, 3.05) is 0 Å². The maximum absolute atomic E-state index is 12.5. The predicted octanol–water partition coefficient (Wildman–Crippen LogP) is 4.81. The van der Waals surface area contributed by atoms with Gasteiger partial charge in [-0.25, -0.2) is 4.98 Å². The lowest BCUT2D eigenvalue weighted by atomic mass is 10.1. The van der Waals surface area contributed by atoms with Gasteiger partial charge in [0.05, 0.1) is 10.6 Å². The lowest BCUT2D eigenvalue weighted by Gasteiger charge is -2.07. The molecule has 0 saturated carbocycles. The van der Waals surface area contributed by atoms with Crippen molar-refractivity contribution in [1.29, 1.82) is 0 Å². The van der Waals surface area contributed by atoms with E-state index in [1.807, 2.05) is 52.0 Å². The van der Waals surface area contributed by atoms with E-state index in [0.29, 0.717) is 22.3 Å². The van der Waals surface area contributed by atoms with Crippen LogP contribution in [0.2, 0.25) is 0 Å². The minimum Gasteiger partial charge on any atom is -0.411 e. The quantitative estimate of drug-likeness (QED) is 0.497. The molecule has 0 unspecified atom stereocenters. The summed E-state index contributed by atoms with van der Waals surface area (Å²) in [5.74, 6) is 1.09. The van der Waals surface area contributed by atoms with Gasteiger partial charge in [-0.05, 0) is 45.4 Å². The van der Waals surface area contributed by atoms with Gasteiger partial charge in [0.25, 0.3) is 10.8 Å². The molecule has 6 nitrogen and oxygen atoms in total. The molecular weight excluding hydrogens is 380 g/mol. The molecule has 27 heavy (non-hydrogen) atoms. The highest BCUT2D eigenvalue weighted by Crippen LogP contribution is 2.35. The number of H-pyrrole nitrogens is 1. The zero-order valence-electron chi connectivity index (χ0n) is 15.4. The molecule has 0 bridgehead atoms. The van der Waals surface area contributed by atoms with E-state index in [9.17, 15) is 4.79 Å². The van der Waals surface area contributed by atoms with Crippen LogP contribution in [-0.4, -0.2) is 20.2 Å². The average molecular weight is 399 g/mol. The molecule has 3 heterocycles. The number of nitrogens with zero attached hydrogens (tertiary/aromatic N) is 3. The molecule has 0 aliphatic rings. The molecule has 4 aromatic rings. The topological polar surface area (TPSA) is 84.7 Å². The fourth-order valence-corrected chi connectivity index (χ4v) is 4.60. The summed E-state index contributed by atoms with van der Waals surface area (Å²) in [5, 5.41) is 9.24. The Bertz CT molecular complexity index is 1190. The van der Waals surface area contributed by atoms with E-state index >= 15 is 0 Å². The number of hydrogen-bond acceptors (Lipinski definition) is 7. The first kappa shape index (κ1) is 17.9. The monoisotopic (exact) mass is 398 g/mol. The number of aromatic amines is 1. The minimum absolute atomic E-state index is 0.102. The first-order valence-corrected chi connectivity index (χ1v) is 10.2. The molecule has 0 radical (unpaired) electrons. The van der Waals surface area contributed by atoms with Gasteiger partial charge in [0, 0.05) is 10.4 Å². The van der Waals surface area contributed by atoms with E-state index < -0.39 is 0 Å². The van der Waals surface area contributed by atoms with Gasteiger partial charge in [0.15, 0.2) is 0 Å². The molecule has 1 atom stereocenters. The van der Waals surface area contributed by atoms with Crippen molar-refractivity contribution >= 4 is 33.3 Å². The van der Waals surface area contributed by atoms with Crippen LogP contribution in [0.5, 0.6) is 0 Å². The molecular formula is C19H18N4O2S2. The Labute approximate surface area is 164 Å². The fraction of sp³-hybridized carbons (Fsp3) is 0.263. The number of thioether (sulfide) groups is 1. The Morgan fingerprint density at radius 3 is 2.81 bits per heavy atom. The third-order valence-corrected chi connectivity index (χ3v) is 6.44. The second-order valence-electron chi connectivity index (χ2n) is 6.42. The molecule has 8 heteroatoms. The van der Waals surface area contributed by atoms with E-state index in [1.165, 1.54) is 11.8 Å². The third-order valence-electron chi connectivity index (χ3n) is 4.39. The van der Waals surface area contributed by atoms with Gasteiger partial charge in [0.1, 0.15) is 10.7 Å². The number of aromatic nitrogens is 4. The fourth-order valence-electron chi connectivity index (χ4n) is 2.82. The van der Waals surface area contributed by atoms with Crippen molar-refractivity contribution < 1.29 is 4.42 Å². The summed E-state index contributed by atoms with van der Waals surface area (Å²) in [6, 6.07) is 7.91. The van der Waals surface area contributed by atoms with Crippen LogP contribution >= 0.6 is 23.1 Å². The second kappa shape index (κ2) is 6.94. The van der Waals surface area contributed by atoms with Crippen LogP contribution < -0.4 is 5.56 Å². The number of rotatable bonds is 4.